The lowest BCUT2D eigenvalue weighted by Gasteiger charge is -2.47. The highest BCUT2D eigenvalue weighted by atomic mass is 16.7. The molecule has 29 atom stereocenters. The summed E-state index contributed by atoms with van der Waals surface area (Å²) >= 11 is 0. The van der Waals surface area contributed by atoms with E-state index in [1.54, 1.807) is 20.0 Å². The number of esters is 3. The zero-order valence-electron chi connectivity index (χ0n) is 51.6. The molecule has 1 aliphatic heterocycles. The van der Waals surface area contributed by atoms with Gasteiger partial charge >= 0.3 is 17.9 Å². The monoisotopic (exact) mass is 1220 g/mol. The highest BCUT2D eigenvalue weighted by Crippen LogP contribution is 2.78. The molecule has 1 N–H and O–H groups in total. The molecule has 16 aliphatic rings. The van der Waals surface area contributed by atoms with Gasteiger partial charge in [-0.1, -0.05) is 64.8 Å². The van der Waals surface area contributed by atoms with Gasteiger partial charge in [0.1, 0.15) is 25.1 Å². The minimum atomic E-state index is -0.833. The number of carboxylic acids is 1. The van der Waals surface area contributed by atoms with E-state index in [2.05, 4.69) is 34.6 Å². The second-order valence-electron chi connectivity index (χ2n) is 32.3. The Kier molecular flexibility index (Phi) is 24.0. The Bertz CT molecular complexity index is 2300. The Balaban J connectivity index is 0.000000265. The van der Waals surface area contributed by atoms with Crippen molar-refractivity contribution >= 4 is 30.7 Å². The third kappa shape index (κ3) is 12.5. The molecule has 29 unspecified atom stereocenters. The summed E-state index contributed by atoms with van der Waals surface area (Å²) in [5.41, 5.74) is -1.43. The van der Waals surface area contributed by atoms with Gasteiger partial charge in [-0.3, -0.25) is 19.2 Å². The number of carbonyl (C=O) groups is 5. The van der Waals surface area contributed by atoms with E-state index in [4.69, 9.17) is 38.4 Å². The van der Waals surface area contributed by atoms with Crippen LogP contribution in [0, 0.1) is 158 Å². The lowest BCUT2D eigenvalue weighted by molar-refractivity contribution is -0.171. The molecule has 11 nitrogen and oxygen atoms in total. The molecule has 0 aromatic carbocycles. The standard InChI is InChI=1S/C45H64O4.C16H26O2.C6H12O2.C2H4O2.CH2O.6CH4/c1-5-45(4,43(47)49-33-17-25-15-27(33)41-31-19-29(39(25)41)35-21-7-9-23(13-21)37(31)35)11-10-44(2,3)42(46)48-32-16-24-14-26(32)40-30-18-28(38(24)40)34-20-6-8-22(12-20)36(30)34;1-4-16(2,3)15(17)18-14-9-10-8-13(14)12-7-5-6-11(10)12;1-7-6-4-2-3-5-8-6;1-2(3)4;1-2;;;;;;/h20-41H,5-19H2,1-4H3;10-14H,4-9H2,1-3H3;6H,2-5H2,1H3;1H3,(H,3,4);1H2;6*1H4. The van der Waals surface area contributed by atoms with Crippen LogP contribution in [-0.4, -0.2) is 74.1 Å². The summed E-state index contributed by atoms with van der Waals surface area (Å²) in [7, 11) is 1.69. The van der Waals surface area contributed by atoms with Crippen LogP contribution in [0.3, 0.4) is 0 Å². The summed E-state index contributed by atoms with van der Waals surface area (Å²) in [6.45, 7) is 18.5. The van der Waals surface area contributed by atoms with E-state index in [9.17, 15) is 14.4 Å². The van der Waals surface area contributed by atoms with Gasteiger partial charge in [0.05, 0.1) is 16.2 Å². The van der Waals surface area contributed by atoms with Crippen LogP contribution in [0.15, 0.2) is 0 Å². The van der Waals surface area contributed by atoms with Crippen molar-refractivity contribution in [2.24, 2.45) is 158 Å². The molecule has 87 heavy (non-hydrogen) atoms. The highest BCUT2D eigenvalue weighted by Gasteiger charge is 2.74. The summed E-state index contributed by atoms with van der Waals surface area (Å²) in [4.78, 5) is 57.2. The smallest absolute Gasteiger partial charge is 0.312 e. The van der Waals surface area contributed by atoms with Crippen molar-refractivity contribution < 1.29 is 52.8 Å². The normalized spacial score (nSPS) is 45.3. The van der Waals surface area contributed by atoms with Gasteiger partial charge < -0.3 is 33.6 Å². The number of hydrogen-bond acceptors (Lipinski definition) is 10. The van der Waals surface area contributed by atoms with Gasteiger partial charge in [0.2, 0.25) is 0 Å². The summed E-state index contributed by atoms with van der Waals surface area (Å²) in [5.74, 6) is 21.3. The van der Waals surface area contributed by atoms with Crippen molar-refractivity contribution in [3.63, 3.8) is 0 Å². The van der Waals surface area contributed by atoms with Crippen LogP contribution < -0.4 is 0 Å². The first-order chi connectivity index (χ1) is 38.8. The van der Waals surface area contributed by atoms with Gasteiger partial charge in [0.15, 0.2) is 6.29 Å². The zero-order chi connectivity index (χ0) is 57.2. The molecule has 16 rings (SSSR count). The maximum atomic E-state index is 14.1. The fourth-order valence-electron chi connectivity index (χ4n) is 24.9. The van der Waals surface area contributed by atoms with Gasteiger partial charge in [-0.2, -0.15) is 0 Å². The average molecular weight is 1220 g/mol. The number of carbonyl (C=O) groups excluding carboxylic acids is 4. The third-order valence-corrected chi connectivity index (χ3v) is 28.4. The average Bonchev–Trinajstić information content (AvgIpc) is 1.52. The predicted molar refractivity (Wildman–Crippen MR) is 349 cm³/mol. The first kappa shape index (κ1) is 73.5. The Morgan fingerprint density at radius 1 is 0.425 bits per heavy atom. The molecule has 1 heterocycles. The molecule has 11 heteroatoms. The number of fused-ring (bicyclic) bond motifs is 37. The van der Waals surface area contributed by atoms with Crippen LogP contribution >= 0.6 is 0 Å². The highest BCUT2D eigenvalue weighted by molar-refractivity contribution is 5.78. The van der Waals surface area contributed by atoms with E-state index in [1.807, 2.05) is 20.6 Å². The third-order valence-electron chi connectivity index (χ3n) is 28.4. The molecule has 15 aliphatic carbocycles. The van der Waals surface area contributed by atoms with E-state index < -0.39 is 16.8 Å². The summed E-state index contributed by atoms with van der Waals surface area (Å²) in [6.07, 6.45) is 30.9. The Morgan fingerprint density at radius 2 is 0.828 bits per heavy atom. The van der Waals surface area contributed by atoms with Crippen molar-refractivity contribution in [3.05, 3.63) is 0 Å². The van der Waals surface area contributed by atoms with Crippen molar-refractivity contribution in [2.75, 3.05) is 13.7 Å². The van der Waals surface area contributed by atoms with Crippen LogP contribution in [-0.2, 0) is 47.7 Å². The molecular formula is C76H132O11. The van der Waals surface area contributed by atoms with Crippen molar-refractivity contribution in [3.8, 4) is 0 Å². The fraction of sp³-hybridized carbons (Fsp3) is 0.934. The molecule has 16 fully saturated rings. The Labute approximate surface area is 531 Å². The quantitative estimate of drug-likeness (QED) is 0.113. The minimum Gasteiger partial charge on any atom is -0.481 e. The lowest BCUT2D eigenvalue weighted by Crippen LogP contribution is -2.46. The van der Waals surface area contributed by atoms with Gasteiger partial charge in [-0.05, 0) is 324 Å². The van der Waals surface area contributed by atoms with Gasteiger partial charge in [0, 0.05) is 20.6 Å². The zero-order valence-corrected chi connectivity index (χ0v) is 51.6. The SMILES string of the molecule is C.C.C.C.C.C.C=O.CC(=O)O.CCC(C)(C)C(=O)OC1CC2CC1C1CCCC21.CCC(C)(CCC(C)(C)C(=O)OC1CC2CC1C1C3CC(C4C5CCC(C5)C34)C21)C(=O)OC1CC2CC1C1C3CC(C4C5CCC(C5)C34)C21.COC1CCCCO1. The Morgan fingerprint density at radius 3 is 1.25 bits per heavy atom. The van der Waals surface area contributed by atoms with Crippen molar-refractivity contribution in [2.45, 2.75) is 279 Å². The molecule has 0 aromatic rings. The van der Waals surface area contributed by atoms with Crippen LogP contribution in [0.25, 0.3) is 0 Å². The molecule has 0 spiro atoms. The molecular weight excluding hydrogens is 1090 g/mol. The first-order valence-electron chi connectivity index (χ1n) is 34.1. The second kappa shape index (κ2) is 28.4. The maximum absolute atomic E-state index is 14.1. The van der Waals surface area contributed by atoms with Crippen molar-refractivity contribution in [1.82, 2.24) is 0 Å². The van der Waals surface area contributed by atoms with E-state index in [-0.39, 0.29) is 92.5 Å². The van der Waals surface area contributed by atoms with Crippen LogP contribution in [0.5, 0.6) is 0 Å². The summed E-state index contributed by atoms with van der Waals surface area (Å²) < 4.78 is 29.2. The number of rotatable bonds is 12. The number of ether oxygens (including phenoxy) is 5. The lowest BCUT2D eigenvalue weighted by atomic mass is 9.59. The van der Waals surface area contributed by atoms with Gasteiger partial charge in [-0.15, -0.1) is 0 Å². The summed E-state index contributed by atoms with van der Waals surface area (Å²) in [6, 6.07) is 0. The number of carboxylic acid groups (broad SMARTS) is 1. The Hall–Kier alpha value is -2.53. The topological polar surface area (TPSA) is 152 Å². The molecule has 0 aromatic heterocycles. The molecule has 14 bridgehead atoms. The van der Waals surface area contributed by atoms with Crippen LogP contribution in [0.2, 0.25) is 0 Å². The van der Waals surface area contributed by atoms with Crippen molar-refractivity contribution in [1.29, 1.82) is 0 Å². The van der Waals surface area contributed by atoms with Crippen LogP contribution in [0.4, 0.5) is 0 Å². The number of hydrogen-bond donors (Lipinski definition) is 1. The largest absolute Gasteiger partial charge is 0.481 e. The van der Waals surface area contributed by atoms with E-state index in [0.717, 1.165) is 176 Å². The molecule has 1 saturated heterocycles. The predicted octanol–water partition coefficient (Wildman–Crippen LogP) is 17.9. The molecule has 0 radical (unpaired) electrons. The maximum Gasteiger partial charge on any atom is 0.312 e. The van der Waals surface area contributed by atoms with E-state index in [0.29, 0.717) is 30.6 Å². The summed E-state index contributed by atoms with van der Waals surface area (Å²) in [5, 5.41) is 7.42. The van der Waals surface area contributed by atoms with E-state index >= 15 is 0 Å². The first-order valence-corrected chi connectivity index (χ1v) is 34.1. The number of methoxy groups -OCH3 is 1. The molecule has 502 valence electrons. The number of aliphatic carboxylic acids is 1. The molecule has 15 saturated carbocycles. The van der Waals surface area contributed by atoms with E-state index in [1.165, 1.54) is 89.9 Å². The van der Waals surface area contributed by atoms with Gasteiger partial charge in [-0.25, -0.2) is 0 Å². The minimum absolute atomic E-state index is 0. The molecule has 0 amide bonds. The second-order valence-corrected chi connectivity index (χ2v) is 32.3. The fourth-order valence-corrected chi connectivity index (χ4v) is 24.9. The van der Waals surface area contributed by atoms with Gasteiger partial charge in [0.25, 0.3) is 5.97 Å². The van der Waals surface area contributed by atoms with Crippen LogP contribution in [0.1, 0.15) is 254 Å².